The molecule has 31 heavy (non-hydrogen) atoms. The summed E-state index contributed by atoms with van der Waals surface area (Å²) in [5.41, 5.74) is 3.92. The van der Waals surface area contributed by atoms with Gasteiger partial charge in [-0.05, 0) is 46.5 Å². The number of rotatable bonds is 4. The average Bonchev–Trinajstić information content (AvgIpc) is 3.54. The van der Waals surface area contributed by atoms with Crippen molar-refractivity contribution in [1.29, 1.82) is 0 Å². The summed E-state index contributed by atoms with van der Waals surface area (Å²) in [4.78, 5) is 4.88. The first-order valence-electron chi connectivity index (χ1n) is 10.1. The summed E-state index contributed by atoms with van der Waals surface area (Å²) in [6.07, 6.45) is 5.35. The number of benzene rings is 3. The van der Waals surface area contributed by atoms with Crippen molar-refractivity contribution >= 4 is 45.8 Å². The summed E-state index contributed by atoms with van der Waals surface area (Å²) in [7, 11) is -1.02. The Morgan fingerprint density at radius 3 is 1.90 bits per heavy atom. The zero-order chi connectivity index (χ0) is 20.6. The molecule has 0 saturated heterocycles. The molecule has 4 heteroatoms. The molecule has 0 N–H and O–H groups in total. The number of fused-ring (bicyclic) bond motifs is 2. The van der Waals surface area contributed by atoms with Crippen molar-refractivity contribution < 1.29 is 8.83 Å². The van der Waals surface area contributed by atoms with Crippen LogP contribution in [0.4, 0.5) is 0 Å². The number of furan rings is 2. The monoisotopic (exact) mass is 419 g/mol. The van der Waals surface area contributed by atoms with E-state index in [2.05, 4.69) is 66.7 Å². The molecule has 0 aliphatic carbocycles. The highest BCUT2D eigenvalue weighted by molar-refractivity contribution is 7.79. The molecular weight excluding hydrogens is 401 g/mol. The van der Waals surface area contributed by atoms with Crippen LogP contribution >= 0.6 is 7.92 Å². The minimum Gasteiger partial charge on any atom is -0.464 e. The standard InChI is InChI=1S/C27H18NO2P/c1-3-9-21-19(7-1)13-14-23(31(24-11-5-17-29-24)25-12-6-18-30-25)26(21)27-22-10-4-2-8-20(22)15-16-28-27/h1-18H. The lowest BCUT2D eigenvalue weighted by atomic mass is 9.98. The lowest BCUT2D eigenvalue weighted by Gasteiger charge is -2.20. The quantitative estimate of drug-likeness (QED) is 0.329. The fourth-order valence-electron chi connectivity index (χ4n) is 4.15. The van der Waals surface area contributed by atoms with Crippen LogP contribution in [-0.2, 0) is 0 Å². The number of hydrogen-bond acceptors (Lipinski definition) is 3. The third-order valence-corrected chi connectivity index (χ3v) is 7.76. The topological polar surface area (TPSA) is 39.2 Å². The van der Waals surface area contributed by atoms with E-state index in [-0.39, 0.29) is 0 Å². The van der Waals surface area contributed by atoms with E-state index in [1.807, 2.05) is 30.5 Å². The van der Waals surface area contributed by atoms with E-state index in [1.54, 1.807) is 12.5 Å². The van der Waals surface area contributed by atoms with Crippen LogP contribution in [0.3, 0.4) is 0 Å². The third-order valence-electron chi connectivity index (χ3n) is 5.51. The van der Waals surface area contributed by atoms with Gasteiger partial charge in [0.05, 0.1) is 26.1 Å². The summed E-state index contributed by atoms with van der Waals surface area (Å²) in [5.74, 6) is 0. The Hall–Kier alpha value is -3.68. The molecule has 3 aromatic carbocycles. The third kappa shape index (κ3) is 3.06. The Morgan fingerprint density at radius 1 is 0.581 bits per heavy atom. The van der Waals surface area contributed by atoms with E-state index in [1.165, 1.54) is 21.5 Å². The molecule has 0 atom stereocenters. The number of pyridine rings is 1. The van der Waals surface area contributed by atoms with Gasteiger partial charge in [0.15, 0.2) is 0 Å². The maximum absolute atomic E-state index is 5.91. The Morgan fingerprint density at radius 2 is 1.23 bits per heavy atom. The van der Waals surface area contributed by atoms with Crippen molar-refractivity contribution in [2.24, 2.45) is 0 Å². The minimum atomic E-state index is -1.02. The van der Waals surface area contributed by atoms with Crippen LogP contribution < -0.4 is 16.3 Å². The normalized spacial score (nSPS) is 11.5. The van der Waals surface area contributed by atoms with Crippen molar-refractivity contribution in [3.05, 3.63) is 110 Å². The lowest BCUT2D eigenvalue weighted by Crippen LogP contribution is -2.21. The molecule has 3 aromatic heterocycles. The molecule has 0 bridgehead atoms. The first-order valence-corrected chi connectivity index (χ1v) is 11.5. The van der Waals surface area contributed by atoms with Gasteiger partial charge < -0.3 is 8.83 Å². The van der Waals surface area contributed by atoms with Gasteiger partial charge in [-0.1, -0.05) is 60.7 Å². The van der Waals surface area contributed by atoms with Crippen molar-refractivity contribution in [1.82, 2.24) is 4.98 Å². The van der Waals surface area contributed by atoms with Crippen LogP contribution in [-0.4, -0.2) is 4.98 Å². The zero-order valence-electron chi connectivity index (χ0n) is 16.6. The van der Waals surface area contributed by atoms with Gasteiger partial charge in [-0.25, -0.2) is 0 Å². The van der Waals surface area contributed by atoms with E-state index in [0.29, 0.717) is 0 Å². The van der Waals surface area contributed by atoms with Gasteiger partial charge in [-0.15, -0.1) is 0 Å². The molecule has 0 amide bonds. The summed E-state index contributed by atoms with van der Waals surface area (Å²) >= 11 is 0. The second-order valence-electron chi connectivity index (χ2n) is 7.30. The van der Waals surface area contributed by atoms with Crippen molar-refractivity contribution in [3.63, 3.8) is 0 Å². The molecule has 6 rings (SSSR count). The predicted molar refractivity (Wildman–Crippen MR) is 128 cm³/mol. The molecular formula is C27H18NO2P. The van der Waals surface area contributed by atoms with Gasteiger partial charge in [0.1, 0.15) is 11.0 Å². The van der Waals surface area contributed by atoms with Gasteiger partial charge in [0.25, 0.3) is 0 Å². The van der Waals surface area contributed by atoms with Crippen LogP contribution in [0, 0.1) is 0 Å². The molecule has 3 nitrogen and oxygen atoms in total. The van der Waals surface area contributed by atoms with Crippen molar-refractivity contribution in [2.45, 2.75) is 0 Å². The van der Waals surface area contributed by atoms with E-state index < -0.39 is 7.92 Å². The molecule has 148 valence electrons. The van der Waals surface area contributed by atoms with Crippen molar-refractivity contribution in [3.8, 4) is 11.3 Å². The van der Waals surface area contributed by atoms with Crippen LogP contribution in [0.5, 0.6) is 0 Å². The van der Waals surface area contributed by atoms with E-state index in [4.69, 9.17) is 13.8 Å². The summed E-state index contributed by atoms with van der Waals surface area (Å²) in [6, 6.07) is 31.3. The van der Waals surface area contributed by atoms with E-state index in [0.717, 1.165) is 27.6 Å². The highest BCUT2D eigenvalue weighted by Crippen LogP contribution is 2.41. The summed E-state index contributed by atoms with van der Waals surface area (Å²) in [6.45, 7) is 0. The molecule has 6 aromatic rings. The van der Waals surface area contributed by atoms with E-state index in [9.17, 15) is 0 Å². The molecule has 0 aliphatic heterocycles. The largest absolute Gasteiger partial charge is 0.464 e. The second kappa shape index (κ2) is 7.54. The SMILES string of the molecule is c1coc(P(c2ccco2)c2ccc3ccccc3c2-c2nccc3ccccc23)c1. The number of hydrogen-bond donors (Lipinski definition) is 0. The first kappa shape index (κ1) is 18.1. The Labute approximate surface area is 180 Å². The van der Waals surface area contributed by atoms with Gasteiger partial charge in [0.2, 0.25) is 0 Å². The van der Waals surface area contributed by atoms with Crippen LogP contribution in [0.15, 0.2) is 119 Å². The van der Waals surface area contributed by atoms with Crippen molar-refractivity contribution in [2.75, 3.05) is 0 Å². The molecule has 0 unspecified atom stereocenters. The molecule has 0 radical (unpaired) electrons. The Kier molecular flexibility index (Phi) is 4.40. The summed E-state index contributed by atoms with van der Waals surface area (Å²) in [5, 5.41) is 5.84. The molecule has 0 spiro atoms. The number of aromatic nitrogens is 1. The Bertz CT molecular complexity index is 1450. The van der Waals surface area contributed by atoms with E-state index >= 15 is 0 Å². The average molecular weight is 419 g/mol. The van der Waals surface area contributed by atoms with Crippen LogP contribution in [0.25, 0.3) is 32.8 Å². The van der Waals surface area contributed by atoms with Crippen LogP contribution in [0.1, 0.15) is 0 Å². The smallest absolute Gasteiger partial charge is 0.137 e. The first-order chi connectivity index (χ1) is 15.4. The fourth-order valence-corrected chi connectivity index (χ4v) is 6.32. The Balaban J connectivity index is 1.74. The lowest BCUT2D eigenvalue weighted by molar-refractivity contribution is 0.593. The molecule has 0 fully saturated rings. The van der Waals surface area contributed by atoms with Gasteiger partial charge >= 0.3 is 0 Å². The van der Waals surface area contributed by atoms with Gasteiger partial charge in [-0.2, -0.15) is 0 Å². The maximum atomic E-state index is 5.91. The molecule has 3 heterocycles. The molecule has 0 saturated carbocycles. The minimum absolute atomic E-state index is 0.904. The zero-order valence-corrected chi connectivity index (χ0v) is 17.5. The van der Waals surface area contributed by atoms with Gasteiger partial charge in [-0.3, -0.25) is 4.98 Å². The number of nitrogens with zero attached hydrogens (tertiary/aromatic N) is 1. The predicted octanol–water partition coefficient (Wildman–Crippen LogP) is 6.00. The highest BCUT2D eigenvalue weighted by Gasteiger charge is 2.27. The second-order valence-corrected chi connectivity index (χ2v) is 9.33. The van der Waals surface area contributed by atoms with Gasteiger partial charge in [0, 0.05) is 22.5 Å². The molecule has 0 aliphatic rings. The summed E-state index contributed by atoms with van der Waals surface area (Å²) < 4.78 is 11.8. The maximum Gasteiger partial charge on any atom is 0.137 e. The van der Waals surface area contributed by atoms with Crippen LogP contribution in [0.2, 0.25) is 0 Å². The fraction of sp³-hybridized carbons (Fsp3) is 0. The highest BCUT2D eigenvalue weighted by atomic mass is 31.1.